The number of carbonyl (C=O) groups excluding carboxylic acids is 1. The fraction of sp³-hybridized carbons (Fsp3) is 0.812. The summed E-state index contributed by atoms with van der Waals surface area (Å²) in [5.41, 5.74) is 0. The number of likely N-dealkylation sites (tertiary alicyclic amines) is 1. The Bertz CT molecular complexity index is 489. The highest BCUT2D eigenvalue weighted by molar-refractivity contribution is 5.81. The largest absolute Gasteiger partial charge is 0.368 e. The smallest absolute Gasteiger partial charge is 0.251 e. The molecule has 0 spiro atoms. The molecule has 6 heteroatoms. The van der Waals surface area contributed by atoms with Crippen molar-refractivity contribution in [2.45, 2.75) is 63.9 Å². The molecule has 2 fully saturated rings. The van der Waals surface area contributed by atoms with Crippen LogP contribution in [0.4, 0.5) is 0 Å². The number of aryl methyl sites for hydroxylation is 1. The van der Waals surface area contributed by atoms with E-state index in [1.165, 1.54) is 0 Å². The van der Waals surface area contributed by atoms with Gasteiger partial charge in [0.1, 0.15) is 6.10 Å². The second-order valence-electron chi connectivity index (χ2n) is 6.25. The highest BCUT2D eigenvalue weighted by Crippen LogP contribution is 2.28. The quantitative estimate of drug-likeness (QED) is 0.835. The van der Waals surface area contributed by atoms with Gasteiger partial charge in [0.2, 0.25) is 5.89 Å². The highest BCUT2D eigenvalue weighted by atomic mass is 16.5. The Morgan fingerprint density at radius 2 is 2.14 bits per heavy atom. The molecule has 3 rings (SSSR count). The third kappa shape index (κ3) is 3.48. The van der Waals surface area contributed by atoms with Crippen molar-refractivity contribution in [2.24, 2.45) is 0 Å². The molecule has 2 aliphatic heterocycles. The molecule has 2 aliphatic rings. The van der Waals surface area contributed by atoms with Crippen molar-refractivity contribution in [3.63, 3.8) is 0 Å². The van der Waals surface area contributed by atoms with Gasteiger partial charge in [0, 0.05) is 32.0 Å². The molecule has 0 radical (unpaired) electrons. The van der Waals surface area contributed by atoms with E-state index in [0.29, 0.717) is 0 Å². The molecule has 0 bridgehead atoms. The fourth-order valence-electron chi connectivity index (χ4n) is 3.19. The SMILES string of the molecule is CCCCc1noc(C2CCN(C(=O)C3CCCO3)CC2)n1. The number of hydrogen-bond acceptors (Lipinski definition) is 5. The van der Waals surface area contributed by atoms with E-state index in [4.69, 9.17) is 9.26 Å². The zero-order valence-corrected chi connectivity index (χ0v) is 13.3. The predicted octanol–water partition coefficient (Wildman–Crippen LogP) is 2.30. The van der Waals surface area contributed by atoms with Crippen molar-refractivity contribution in [2.75, 3.05) is 19.7 Å². The maximum atomic E-state index is 12.3. The molecule has 6 nitrogen and oxygen atoms in total. The van der Waals surface area contributed by atoms with Gasteiger partial charge in [-0.2, -0.15) is 4.98 Å². The van der Waals surface area contributed by atoms with Crippen LogP contribution in [0.2, 0.25) is 0 Å². The van der Waals surface area contributed by atoms with Crippen molar-refractivity contribution in [3.8, 4) is 0 Å². The predicted molar refractivity (Wildman–Crippen MR) is 80.4 cm³/mol. The van der Waals surface area contributed by atoms with E-state index in [9.17, 15) is 4.79 Å². The van der Waals surface area contributed by atoms with E-state index in [1.54, 1.807) is 0 Å². The average molecular weight is 307 g/mol. The Hall–Kier alpha value is -1.43. The summed E-state index contributed by atoms with van der Waals surface area (Å²) in [7, 11) is 0. The van der Waals surface area contributed by atoms with Gasteiger partial charge in [0.05, 0.1) is 0 Å². The van der Waals surface area contributed by atoms with E-state index in [1.807, 2.05) is 4.90 Å². The van der Waals surface area contributed by atoms with Crippen LogP contribution in [0.25, 0.3) is 0 Å². The number of amides is 1. The monoisotopic (exact) mass is 307 g/mol. The minimum absolute atomic E-state index is 0.158. The lowest BCUT2D eigenvalue weighted by Crippen LogP contribution is -2.43. The van der Waals surface area contributed by atoms with E-state index in [2.05, 4.69) is 17.1 Å². The van der Waals surface area contributed by atoms with Crippen LogP contribution in [-0.4, -0.2) is 46.7 Å². The lowest BCUT2D eigenvalue weighted by atomic mass is 9.96. The molecule has 1 atom stereocenters. The van der Waals surface area contributed by atoms with E-state index in [0.717, 1.165) is 76.4 Å². The molecular weight excluding hydrogens is 282 g/mol. The molecule has 3 heterocycles. The zero-order chi connectivity index (χ0) is 15.4. The molecular formula is C16H25N3O3. The van der Waals surface area contributed by atoms with Crippen LogP contribution >= 0.6 is 0 Å². The first kappa shape index (κ1) is 15.5. The van der Waals surface area contributed by atoms with Gasteiger partial charge in [0.25, 0.3) is 5.91 Å². The summed E-state index contributed by atoms with van der Waals surface area (Å²) in [5.74, 6) is 2.01. The molecule has 122 valence electrons. The number of hydrogen-bond donors (Lipinski definition) is 0. The number of aromatic nitrogens is 2. The van der Waals surface area contributed by atoms with E-state index >= 15 is 0 Å². The maximum absolute atomic E-state index is 12.3. The summed E-state index contributed by atoms with van der Waals surface area (Å²) < 4.78 is 10.9. The lowest BCUT2D eigenvalue weighted by molar-refractivity contribution is -0.142. The first-order chi connectivity index (χ1) is 10.8. The highest BCUT2D eigenvalue weighted by Gasteiger charge is 2.32. The Kier molecular flexibility index (Phi) is 5.08. The molecule has 1 aromatic heterocycles. The third-order valence-corrected chi connectivity index (χ3v) is 4.60. The molecule has 0 aliphatic carbocycles. The summed E-state index contributed by atoms with van der Waals surface area (Å²) in [6.07, 6.45) is 6.55. The first-order valence-corrected chi connectivity index (χ1v) is 8.50. The molecule has 1 unspecified atom stereocenters. The number of rotatable bonds is 5. The van der Waals surface area contributed by atoms with Crippen LogP contribution < -0.4 is 0 Å². The number of piperidine rings is 1. The summed E-state index contributed by atoms with van der Waals surface area (Å²) in [6, 6.07) is 0. The number of nitrogens with zero attached hydrogens (tertiary/aromatic N) is 3. The van der Waals surface area contributed by atoms with Gasteiger partial charge in [0.15, 0.2) is 5.82 Å². The fourth-order valence-corrected chi connectivity index (χ4v) is 3.19. The van der Waals surface area contributed by atoms with Gasteiger partial charge in [-0.1, -0.05) is 18.5 Å². The molecule has 1 amide bonds. The Balaban J connectivity index is 1.50. The molecule has 2 saturated heterocycles. The van der Waals surface area contributed by atoms with Gasteiger partial charge in [-0.3, -0.25) is 4.79 Å². The average Bonchev–Trinajstić information content (AvgIpc) is 3.24. The molecule has 1 aromatic rings. The Labute approximate surface area is 131 Å². The molecule has 0 saturated carbocycles. The number of carbonyl (C=O) groups is 1. The minimum atomic E-state index is -0.208. The summed E-state index contributed by atoms with van der Waals surface area (Å²) in [4.78, 5) is 18.8. The van der Waals surface area contributed by atoms with Crippen LogP contribution in [0, 0.1) is 0 Å². The lowest BCUT2D eigenvalue weighted by Gasteiger charge is -2.31. The number of ether oxygens (including phenoxy) is 1. The third-order valence-electron chi connectivity index (χ3n) is 4.60. The van der Waals surface area contributed by atoms with Crippen molar-refractivity contribution in [3.05, 3.63) is 11.7 Å². The van der Waals surface area contributed by atoms with Gasteiger partial charge < -0.3 is 14.2 Å². The zero-order valence-electron chi connectivity index (χ0n) is 13.3. The second-order valence-corrected chi connectivity index (χ2v) is 6.25. The van der Waals surface area contributed by atoms with Crippen LogP contribution in [-0.2, 0) is 16.0 Å². The van der Waals surface area contributed by atoms with Crippen molar-refractivity contribution >= 4 is 5.91 Å². The maximum Gasteiger partial charge on any atom is 0.251 e. The van der Waals surface area contributed by atoms with Gasteiger partial charge in [-0.25, -0.2) is 0 Å². The van der Waals surface area contributed by atoms with Crippen molar-refractivity contribution in [1.82, 2.24) is 15.0 Å². The molecule has 0 aromatic carbocycles. The topological polar surface area (TPSA) is 68.5 Å². The Morgan fingerprint density at radius 1 is 1.32 bits per heavy atom. The van der Waals surface area contributed by atoms with Crippen LogP contribution in [0.5, 0.6) is 0 Å². The summed E-state index contributed by atoms with van der Waals surface area (Å²) >= 11 is 0. The normalized spacial score (nSPS) is 23.1. The Morgan fingerprint density at radius 3 is 2.82 bits per heavy atom. The van der Waals surface area contributed by atoms with Gasteiger partial charge >= 0.3 is 0 Å². The first-order valence-electron chi connectivity index (χ1n) is 8.50. The second kappa shape index (κ2) is 7.22. The summed E-state index contributed by atoms with van der Waals surface area (Å²) in [5, 5.41) is 4.06. The molecule has 0 N–H and O–H groups in total. The summed E-state index contributed by atoms with van der Waals surface area (Å²) in [6.45, 7) is 4.39. The van der Waals surface area contributed by atoms with Crippen LogP contribution in [0.1, 0.15) is 63.1 Å². The van der Waals surface area contributed by atoms with Gasteiger partial charge in [-0.15, -0.1) is 0 Å². The van der Waals surface area contributed by atoms with Crippen molar-refractivity contribution < 1.29 is 14.1 Å². The number of unbranched alkanes of at least 4 members (excludes halogenated alkanes) is 1. The van der Waals surface area contributed by atoms with Crippen molar-refractivity contribution in [1.29, 1.82) is 0 Å². The standard InChI is InChI=1S/C16H25N3O3/c1-2-3-6-14-17-15(22-18-14)12-7-9-19(10-8-12)16(20)13-5-4-11-21-13/h12-13H,2-11H2,1H3. The molecule has 22 heavy (non-hydrogen) atoms. The van der Waals surface area contributed by atoms with Crippen LogP contribution in [0.3, 0.4) is 0 Å². The van der Waals surface area contributed by atoms with E-state index < -0.39 is 0 Å². The van der Waals surface area contributed by atoms with Crippen LogP contribution in [0.15, 0.2) is 4.52 Å². The van der Waals surface area contributed by atoms with E-state index in [-0.39, 0.29) is 17.9 Å². The minimum Gasteiger partial charge on any atom is -0.368 e. The van der Waals surface area contributed by atoms with Gasteiger partial charge in [-0.05, 0) is 32.1 Å².